The average Bonchev–Trinajstić information content (AvgIpc) is 3.13. The van der Waals surface area contributed by atoms with Crippen LogP contribution in [0.15, 0.2) is 29.3 Å². The van der Waals surface area contributed by atoms with Gasteiger partial charge >= 0.3 is 0 Å². The van der Waals surface area contributed by atoms with Gasteiger partial charge in [0, 0.05) is 25.6 Å². The predicted octanol–water partition coefficient (Wildman–Crippen LogP) is 3.24. The number of fused-ring (bicyclic) bond motifs is 1. The third-order valence-electron chi connectivity index (χ3n) is 3.96. The fourth-order valence-corrected chi connectivity index (χ4v) is 2.80. The molecule has 0 aliphatic heterocycles. The zero-order valence-corrected chi connectivity index (χ0v) is 16.2. The maximum absolute atomic E-state index is 14.3. The molecule has 0 fully saturated rings. The van der Waals surface area contributed by atoms with Crippen molar-refractivity contribution in [2.45, 2.75) is 6.92 Å². The van der Waals surface area contributed by atoms with Crippen molar-refractivity contribution in [1.29, 1.82) is 0 Å². The Kier molecular flexibility index (Phi) is 6.43. The molecule has 0 aliphatic carbocycles. The van der Waals surface area contributed by atoms with Crippen molar-refractivity contribution in [3.8, 4) is 0 Å². The van der Waals surface area contributed by atoms with Crippen LogP contribution in [0.4, 0.5) is 24.8 Å². The van der Waals surface area contributed by atoms with Crippen molar-refractivity contribution in [2.24, 2.45) is 4.99 Å². The Morgan fingerprint density at radius 3 is 2.67 bits per heavy atom. The molecule has 1 heterocycles. The molecule has 0 aliphatic rings. The van der Waals surface area contributed by atoms with Gasteiger partial charge in [0.15, 0.2) is 17.5 Å². The lowest BCUT2D eigenvalue weighted by Gasteiger charge is -2.08. The highest BCUT2D eigenvalue weighted by Crippen LogP contribution is 2.27. The van der Waals surface area contributed by atoms with Gasteiger partial charge in [-0.3, -0.25) is 15.5 Å². The average molecular weight is 441 g/mol. The van der Waals surface area contributed by atoms with Crippen LogP contribution >= 0.6 is 11.6 Å². The first kappa shape index (κ1) is 21.4. The summed E-state index contributed by atoms with van der Waals surface area (Å²) >= 11 is 5.72. The van der Waals surface area contributed by atoms with E-state index in [0.717, 1.165) is 12.1 Å². The van der Waals surface area contributed by atoms with Crippen LogP contribution in [0.1, 0.15) is 12.5 Å². The highest BCUT2D eigenvalue weighted by Gasteiger charge is 2.20. The van der Waals surface area contributed by atoms with Gasteiger partial charge in [0.25, 0.3) is 0 Å². The molecule has 30 heavy (non-hydrogen) atoms. The van der Waals surface area contributed by atoms with Gasteiger partial charge in [-0.1, -0.05) is 11.6 Å². The Balaban J connectivity index is 2.00. The van der Waals surface area contributed by atoms with Crippen molar-refractivity contribution in [3.63, 3.8) is 0 Å². The van der Waals surface area contributed by atoms with Crippen LogP contribution in [-0.4, -0.2) is 40.0 Å². The molecule has 5 N–H and O–H groups in total. The van der Waals surface area contributed by atoms with E-state index >= 15 is 0 Å². The summed E-state index contributed by atoms with van der Waals surface area (Å²) in [6.45, 7) is 1.92. The Hall–Kier alpha value is -3.31. The van der Waals surface area contributed by atoms with Gasteiger partial charge in [-0.25, -0.2) is 23.1 Å². The highest BCUT2D eigenvalue weighted by molar-refractivity contribution is 6.31. The second-order valence-corrected chi connectivity index (χ2v) is 6.52. The first-order chi connectivity index (χ1) is 14.3. The first-order valence-corrected chi connectivity index (χ1v) is 8.98. The number of amides is 1. The third kappa shape index (κ3) is 4.63. The van der Waals surface area contributed by atoms with Gasteiger partial charge in [0.1, 0.15) is 11.3 Å². The van der Waals surface area contributed by atoms with E-state index in [2.05, 4.69) is 25.6 Å². The number of H-pyrrole nitrogens is 1. The molecular weight excluding hydrogens is 425 g/mol. The predicted molar refractivity (Wildman–Crippen MR) is 106 cm³/mol. The Bertz CT molecular complexity index is 1130. The van der Waals surface area contributed by atoms with E-state index < -0.39 is 17.5 Å². The summed E-state index contributed by atoms with van der Waals surface area (Å²) in [5.74, 6) is -3.42. The molecule has 158 valence electrons. The molecule has 2 aromatic carbocycles. The van der Waals surface area contributed by atoms with Crippen LogP contribution in [0.2, 0.25) is 5.02 Å². The van der Waals surface area contributed by atoms with Gasteiger partial charge in [-0.2, -0.15) is 0 Å². The fraction of sp³-hybridized carbons (Fsp3) is 0.167. The quantitative estimate of drug-likeness (QED) is 0.175. The molecule has 0 saturated heterocycles. The second-order valence-electron chi connectivity index (χ2n) is 6.11. The summed E-state index contributed by atoms with van der Waals surface area (Å²) in [7, 11) is 0. The number of aromatic amines is 1. The molecule has 1 amide bonds. The van der Waals surface area contributed by atoms with E-state index in [0.29, 0.717) is 0 Å². The first-order valence-electron chi connectivity index (χ1n) is 8.60. The number of aliphatic imine (C=N–C) groups is 1. The van der Waals surface area contributed by atoms with Crippen molar-refractivity contribution in [3.05, 3.63) is 52.3 Å². The Morgan fingerprint density at radius 2 is 2.00 bits per heavy atom. The van der Waals surface area contributed by atoms with Gasteiger partial charge < -0.3 is 15.6 Å². The fourth-order valence-electron chi connectivity index (χ4n) is 2.62. The molecule has 3 aromatic rings. The number of nitrogens with zero attached hydrogens (tertiary/aromatic N) is 2. The minimum absolute atomic E-state index is 0.0331. The number of halogens is 4. The summed E-state index contributed by atoms with van der Waals surface area (Å²) in [4.78, 5) is 21.7. The maximum atomic E-state index is 14.3. The van der Waals surface area contributed by atoms with E-state index in [-0.39, 0.29) is 58.1 Å². The Morgan fingerprint density at radius 1 is 1.23 bits per heavy atom. The largest absolute Gasteiger partial charge is 0.355 e. The number of imidazole rings is 1. The summed E-state index contributed by atoms with van der Waals surface area (Å²) in [6, 6.07) is 4.39. The van der Waals surface area contributed by atoms with E-state index in [1.165, 1.54) is 19.1 Å². The number of benzene rings is 2. The molecule has 0 saturated carbocycles. The monoisotopic (exact) mass is 440 g/mol. The lowest BCUT2D eigenvalue weighted by molar-refractivity contribution is -0.118. The number of nitrogens with one attached hydrogen (secondary N) is 4. The van der Waals surface area contributed by atoms with Crippen molar-refractivity contribution >= 4 is 46.0 Å². The molecular formula is C18H16ClF3N6O2. The number of anilines is 1. The third-order valence-corrected chi connectivity index (χ3v) is 4.25. The van der Waals surface area contributed by atoms with Crippen LogP contribution in [0.25, 0.3) is 11.0 Å². The second kappa shape index (κ2) is 9.01. The number of aromatic nitrogens is 2. The van der Waals surface area contributed by atoms with Crippen molar-refractivity contribution < 1.29 is 23.2 Å². The van der Waals surface area contributed by atoms with Crippen molar-refractivity contribution in [1.82, 2.24) is 20.8 Å². The molecule has 0 spiro atoms. The van der Waals surface area contributed by atoms with Crippen molar-refractivity contribution in [2.75, 3.05) is 18.4 Å². The van der Waals surface area contributed by atoms with E-state index in [1.807, 2.05) is 5.48 Å². The smallest absolute Gasteiger partial charge is 0.216 e. The van der Waals surface area contributed by atoms with Crippen LogP contribution in [0.5, 0.6) is 0 Å². The van der Waals surface area contributed by atoms with E-state index in [4.69, 9.17) is 11.6 Å². The zero-order valence-electron chi connectivity index (χ0n) is 15.5. The molecule has 0 bridgehead atoms. The van der Waals surface area contributed by atoms with Gasteiger partial charge in [-0.15, -0.1) is 0 Å². The number of carbonyl (C=O) groups is 1. The lowest BCUT2D eigenvalue weighted by Crippen LogP contribution is -2.26. The molecule has 0 unspecified atom stereocenters. The van der Waals surface area contributed by atoms with Crippen LogP contribution < -0.4 is 16.1 Å². The number of amidine groups is 1. The normalized spacial score (nSPS) is 11.6. The van der Waals surface area contributed by atoms with E-state index in [1.54, 1.807) is 0 Å². The number of hydroxylamine groups is 1. The van der Waals surface area contributed by atoms with Gasteiger partial charge in [0.2, 0.25) is 11.9 Å². The van der Waals surface area contributed by atoms with Crippen LogP contribution in [0.3, 0.4) is 0 Å². The molecule has 12 heteroatoms. The number of carbonyl (C=O) groups excluding carboxylic acids is 1. The summed E-state index contributed by atoms with van der Waals surface area (Å²) in [6.07, 6.45) is 0. The summed E-state index contributed by atoms with van der Waals surface area (Å²) in [5, 5.41) is 14.7. The van der Waals surface area contributed by atoms with Gasteiger partial charge in [-0.05, 0) is 24.3 Å². The van der Waals surface area contributed by atoms with E-state index in [9.17, 15) is 23.2 Å². The lowest BCUT2D eigenvalue weighted by atomic mass is 10.1. The van der Waals surface area contributed by atoms with Crippen LogP contribution in [-0.2, 0) is 4.79 Å². The molecule has 0 radical (unpaired) electrons. The SMILES string of the molecule is CC(=O)NCCNc1nc2c(F)c(F)cc(C(=Nc3ccc(F)c(Cl)c3)NO)c2[nH]1. The molecule has 0 atom stereocenters. The number of hydrogen-bond acceptors (Lipinski definition) is 5. The molecule has 8 nitrogen and oxygen atoms in total. The van der Waals surface area contributed by atoms with Crippen LogP contribution in [0, 0.1) is 17.5 Å². The maximum Gasteiger partial charge on any atom is 0.216 e. The topological polar surface area (TPSA) is 114 Å². The molecule has 3 rings (SSSR count). The summed E-state index contributed by atoms with van der Waals surface area (Å²) < 4.78 is 41.7. The number of hydrogen-bond donors (Lipinski definition) is 5. The summed E-state index contributed by atoms with van der Waals surface area (Å²) in [5.41, 5.74) is 1.66. The standard InChI is InChI=1S/C18H16ClF3N6O2/c1-8(29)23-4-5-24-18-26-15-10(7-13(21)14(22)16(15)27-18)17(28-30)25-9-2-3-12(20)11(19)6-9/h2-3,6-7,30H,4-5H2,1H3,(H,23,29)(H,25,28)(H2,24,26,27). The molecule has 1 aromatic heterocycles. The minimum Gasteiger partial charge on any atom is -0.355 e. The zero-order chi connectivity index (χ0) is 21.8. The Labute approximate surface area is 173 Å². The number of rotatable bonds is 6. The highest BCUT2D eigenvalue weighted by atomic mass is 35.5. The minimum atomic E-state index is -1.21. The van der Waals surface area contributed by atoms with Gasteiger partial charge in [0.05, 0.1) is 16.2 Å².